The van der Waals surface area contributed by atoms with Crippen molar-refractivity contribution in [1.29, 1.82) is 0 Å². The molecule has 0 spiro atoms. The molecule has 0 aliphatic heterocycles. The van der Waals surface area contributed by atoms with Gasteiger partial charge in [0, 0.05) is 17.1 Å². The number of alkyl halides is 1. The maximum absolute atomic E-state index is 11.8. The van der Waals surface area contributed by atoms with Crippen molar-refractivity contribution >= 4 is 44.0 Å². The fourth-order valence-corrected chi connectivity index (χ4v) is 3.00. The Morgan fingerprint density at radius 2 is 2.43 bits per heavy atom. The molecule has 1 atom stereocenters. The number of halogens is 1. The van der Waals surface area contributed by atoms with Crippen LogP contribution in [0, 0.1) is 10.1 Å². The van der Waals surface area contributed by atoms with Crippen molar-refractivity contribution in [2.45, 2.75) is 18.9 Å². The molecular weight excluding hydrogens is 366 g/mol. The van der Waals surface area contributed by atoms with Crippen molar-refractivity contribution in [2.24, 2.45) is 0 Å². The molecule has 0 fully saturated rings. The summed E-state index contributed by atoms with van der Waals surface area (Å²) in [6.07, 6.45) is 1.22. The fraction of sp³-hybridized carbons (Fsp3) is 0.455. The summed E-state index contributed by atoms with van der Waals surface area (Å²) in [5.74, 6) is -1.09. The van der Waals surface area contributed by atoms with E-state index >= 15 is 0 Å². The van der Waals surface area contributed by atoms with Crippen molar-refractivity contribution in [3.63, 3.8) is 0 Å². The van der Waals surface area contributed by atoms with Gasteiger partial charge in [-0.2, -0.15) is 9.38 Å². The lowest BCUT2D eigenvalue weighted by atomic mass is 10.0. The zero-order chi connectivity index (χ0) is 15.6. The van der Waals surface area contributed by atoms with E-state index in [0.29, 0.717) is 4.96 Å². The normalized spacial score (nSPS) is 14.0. The van der Waals surface area contributed by atoms with Gasteiger partial charge < -0.3 is 20.0 Å². The van der Waals surface area contributed by atoms with E-state index in [9.17, 15) is 20.0 Å². The Morgan fingerprint density at radius 1 is 1.71 bits per heavy atom. The first-order valence-corrected chi connectivity index (χ1v) is 7.97. The largest absolute Gasteiger partial charge is 0.464 e. The highest BCUT2D eigenvalue weighted by Crippen LogP contribution is 2.28. The molecule has 114 valence electrons. The Labute approximate surface area is 131 Å². The number of esters is 1. The first kappa shape index (κ1) is 15.9. The number of thiazole rings is 1. The average molecular weight is 378 g/mol. The van der Waals surface area contributed by atoms with Crippen LogP contribution in [0.1, 0.15) is 12.6 Å². The maximum Gasteiger partial charge on any atom is 0.351 e. The zero-order valence-corrected chi connectivity index (χ0v) is 13.4. The second-order valence-electron chi connectivity index (χ2n) is 4.26. The highest BCUT2D eigenvalue weighted by molar-refractivity contribution is 9.09. The van der Waals surface area contributed by atoms with Gasteiger partial charge in [0.25, 0.3) is 4.96 Å². The van der Waals surface area contributed by atoms with Gasteiger partial charge >= 0.3 is 11.8 Å². The van der Waals surface area contributed by atoms with E-state index in [1.165, 1.54) is 21.9 Å². The highest BCUT2D eigenvalue weighted by atomic mass is 79.9. The molecule has 0 bridgehead atoms. The summed E-state index contributed by atoms with van der Waals surface area (Å²) in [4.78, 5) is 27.0. The van der Waals surface area contributed by atoms with Gasteiger partial charge in [0.15, 0.2) is 5.60 Å². The SMILES string of the molecule is CCOC(=O)C(O)(CBr)Cc1nc2sccn2c1[N+](=O)[O-]. The van der Waals surface area contributed by atoms with Gasteiger partial charge in [-0.15, -0.1) is 0 Å². The monoisotopic (exact) mass is 377 g/mol. The summed E-state index contributed by atoms with van der Waals surface area (Å²) in [6.45, 7) is 1.72. The summed E-state index contributed by atoms with van der Waals surface area (Å²) in [6, 6.07) is 0. The maximum atomic E-state index is 11.8. The quantitative estimate of drug-likeness (QED) is 0.354. The van der Waals surface area contributed by atoms with Crippen molar-refractivity contribution in [3.05, 3.63) is 27.4 Å². The number of ether oxygens (including phenoxy) is 1. The second-order valence-corrected chi connectivity index (χ2v) is 5.69. The Kier molecular flexibility index (Phi) is 4.59. The van der Waals surface area contributed by atoms with Crippen LogP contribution in [0.2, 0.25) is 0 Å². The predicted octanol–water partition coefficient (Wildman–Crippen LogP) is 1.54. The number of aliphatic hydroxyl groups is 1. The first-order chi connectivity index (χ1) is 9.92. The number of aromatic nitrogens is 2. The van der Waals surface area contributed by atoms with Crippen molar-refractivity contribution in [1.82, 2.24) is 9.38 Å². The van der Waals surface area contributed by atoms with Crippen LogP contribution >= 0.6 is 27.3 Å². The molecule has 0 amide bonds. The summed E-state index contributed by atoms with van der Waals surface area (Å²) in [5.41, 5.74) is -1.85. The Balaban J connectivity index is 2.41. The van der Waals surface area contributed by atoms with Crippen LogP contribution in [-0.4, -0.2) is 42.9 Å². The number of hydrogen-bond donors (Lipinski definition) is 1. The number of rotatable bonds is 6. The van der Waals surface area contributed by atoms with E-state index in [0.717, 1.165) is 0 Å². The van der Waals surface area contributed by atoms with Crippen LogP contribution in [0.5, 0.6) is 0 Å². The number of hydrogen-bond acceptors (Lipinski definition) is 7. The van der Waals surface area contributed by atoms with Gasteiger partial charge in [-0.25, -0.2) is 4.79 Å². The van der Waals surface area contributed by atoms with Crippen molar-refractivity contribution in [2.75, 3.05) is 11.9 Å². The van der Waals surface area contributed by atoms with E-state index in [4.69, 9.17) is 4.74 Å². The molecule has 2 heterocycles. The minimum Gasteiger partial charge on any atom is -0.464 e. The molecule has 8 nitrogen and oxygen atoms in total. The zero-order valence-electron chi connectivity index (χ0n) is 11.0. The fourth-order valence-electron chi connectivity index (χ4n) is 1.85. The van der Waals surface area contributed by atoms with E-state index in [2.05, 4.69) is 20.9 Å². The van der Waals surface area contributed by atoms with Crippen molar-refractivity contribution < 1.29 is 19.6 Å². The van der Waals surface area contributed by atoms with Crippen LogP contribution in [0.25, 0.3) is 4.96 Å². The number of carbonyl (C=O) groups is 1. The third-order valence-corrected chi connectivity index (χ3v) is 4.50. The Hall–Kier alpha value is -1.52. The molecule has 1 unspecified atom stereocenters. The molecule has 10 heteroatoms. The summed E-state index contributed by atoms with van der Waals surface area (Å²) in [5, 5.41) is 23.1. The van der Waals surface area contributed by atoms with Gasteiger partial charge in [0.2, 0.25) is 0 Å². The van der Waals surface area contributed by atoms with Crippen LogP contribution in [0.4, 0.5) is 5.82 Å². The van der Waals surface area contributed by atoms with Gasteiger partial charge in [0.05, 0.1) is 6.61 Å². The Morgan fingerprint density at radius 3 is 3.00 bits per heavy atom. The molecule has 0 aliphatic carbocycles. The van der Waals surface area contributed by atoms with E-state index < -0.39 is 16.5 Å². The number of nitrogens with zero attached hydrogens (tertiary/aromatic N) is 3. The molecular formula is C11H12BrN3O5S. The van der Waals surface area contributed by atoms with Gasteiger partial charge in [-0.3, -0.25) is 0 Å². The van der Waals surface area contributed by atoms with Crippen LogP contribution in [0.3, 0.4) is 0 Å². The summed E-state index contributed by atoms with van der Waals surface area (Å²) in [7, 11) is 0. The molecule has 21 heavy (non-hydrogen) atoms. The molecule has 1 N–H and O–H groups in total. The van der Waals surface area contributed by atoms with Crippen LogP contribution < -0.4 is 0 Å². The molecule has 0 aliphatic rings. The van der Waals surface area contributed by atoms with E-state index in [1.807, 2.05) is 0 Å². The number of fused-ring (bicyclic) bond motifs is 1. The third kappa shape index (κ3) is 2.92. The van der Waals surface area contributed by atoms with Gasteiger partial charge in [0.1, 0.15) is 11.9 Å². The number of carbonyl (C=O) groups excluding carboxylic acids is 1. The third-order valence-electron chi connectivity index (χ3n) is 2.82. The Bertz CT molecular complexity index is 685. The van der Waals surface area contributed by atoms with Gasteiger partial charge in [-0.05, 0) is 11.8 Å². The summed E-state index contributed by atoms with van der Waals surface area (Å²) < 4.78 is 6.12. The molecule has 0 radical (unpaired) electrons. The lowest BCUT2D eigenvalue weighted by molar-refractivity contribution is -0.391. The minimum absolute atomic E-state index is 0.0434. The van der Waals surface area contributed by atoms with Crippen LogP contribution in [-0.2, 0) is 16.0 Å². The van der Waals surface area contributed by atoms with E-state index in [-0.39, 0.29) is 29.9 Å². The molecule has 0 aromatic carbocycles. The molecule has 0 saturated heterocycles. The topological polar surface area (TPSA) is 107 Å². The standard InChI is InChI=1S/C11H12BrN3O5S/c1-2-20-9(16)11(17,6-12)5-7-8(15(18)19)14-3-4-21-10(14)13-7/h3-4,17H,2,5-6H2,1H3. The molecule has 2 aromatic rings. The summed E-state index contributed by atoms with van der Waals surface area (Å²) >= 11 is 4.27. The van der Waals surface area contributed by atoms with Crippen LogP contribution in [0.15, 0.2) is 11.6 Å². The lowest BCUT2D eigenvalue weighted by Gasteiger charge is -2.22. The average Bonchev–Trinajstić information content (AvgIpc) is 2.98. The van der Waals surface area contributed by atoms with Crippen molar-refractivity contribution in [3.8, 4) is 0 Å². The minimum atomic E-state index is -1.90. The first-order valence-electron chi connectivity index (χ1n) is 5.97. The molecule has 0 saturated carbocycles. The van der Waals surface area contributed by atoms with Gasteiger partial charge in [-0.1, -0.05) is 27.3 Å². The number of imidazole rings is 1. The lowest BCUT2D eigenvalue weighted by Crippen LogP contribution is -2.44. The molecule has 2 rings (SSSR count). The second kappa shape index (κ2) is 6.08. The highest BCUT2D eigenvalue weighted by Gasteiger charge is 2.40. The van der Waals surface area contributed by atoms with E-state index in [1.54, 1.807) is 12.3 Å². The number of nitro groups is 1. The smallest absolute Gasteiger partial charge is 0.351 e. The molecule has 2 aromatic heterocycles. The predicted molar refractivity (Wildman–Crippen MR) is 78.8 cm³/mol.